The SMILES string of the molecule is Cc1cc(-c2noc(-c3nccnc3N)n2)ccc1F. The summed E-state index contributed by atoms with van der Waals surface area (Å²) in [6.07, 6.45) is 2.96. The topological polar surface area (TPSA) is 90.7 Å². The molecular formula is C13H10FN5O. The molecule has 2 aromatic heterocycles. The number of aryl methyl sites for hydroxylation is 1. The Bertz CT molecular complexity index is 771. The maximum atomic E-state index is 13.2. The van der Waals surface area contributed by atoms with Crippen molar-refractivity contribution in [2.45, 2.75) is 6.92 Å². The molecule has 6 nitrogen and oxygen atoms in total. The van der Waals surface area contributed by atoms with E-state index in [1.165, 1.54) is 18.5 Å². The van der Waals surface area contributed by atoms with Gasteiger partial charge in [-0.1, -0.05) is 5.16 Å². The van der Waals surface area contributed by atoms with Crippen molar-refractivity contribution in [1.82, 2.24) is 20.1 Å². The molecule has 0 spiro atoms. The van der Waals surface area contributed by atoms with Crippen molar-refractivity contribution in [3.63, 3.8) is 0 Å². The lowest BCUT2D eigenvalue weighted by Crippen LogP contribution is -1.96. The highest BCUT2D eigenvalue weighted by Gasteiger charge is 2.15. The number of nitrogens with two attached hydrogens (primary N) is 1. The molecule has 0 aliphatic rings. The van der Waals surface area contributed by atoms with Crippen LogP contribution in [0, 0.1) is 12.7 Å². The number of nitrogens with zero attached hydrogens (tertiary/aromatic N) is 4. The van der Waals surface area contributed by atoms with Gasteiger partial charge in [-0.25, -0.2) is 14.4 Å². The molecule has 0 saturated carbocycles. The molecule has 0 radical (unpaired) electrons. The quantitative estimate of drug-likeness (QED) is 0.768. The highest BCUT2D eigenvalue weighted by Crippen LogP contribution is 2.24. The fourth-order valence-corrected chi connectivity index (χ4v) is 1.73. The van der Waals surface area contributed by atoms with Gasteiger partial charge in [0.25, 0.3) is 5.89 Å². The zero-order valence-electron chi connectivity index (χ0n) is 10.5. The van der Waals surface area contributed by atoms with Crippen LogP contribution in [0.4, 0.5) is 10.2 Å². The molecule has 0 atom stereocenters. The molecule has 0 unspecified atom stereocenters. The number of hydrogen-bond acceptors (Lipinski definition) is 6. The van der Waals surface area contributed by atoms with Crippen LogP contribution in [0.25, 0.3) is 23.0 Å². The van der Waals surface area contributed by atoms with Crippen molar-refractivity contribution in [3.05, 3.63) is 42.0 Å². The zero-order chi connectivity index (χ0) is 14.1. The maximum Gasteiger partial charge on any atom is 0.280 e. The Morgan fingerprint density at radius 1 is 1.20 bits per heavy atom. The summed E-state index contributed by atoms with van der Waals surface area (Å²) >= 11 is 0. The van der Waals surface area contributed by atoms with Gasteiger partial charge in [0.05, 0.1) is 0 Å². The van der Waals surface area contributed by atoms with Crippen LogP contribution in [0.3, 0.4) is 0 Å². The summed E-state index contributed by atoms with van der Waals surface area (Å²) in [5, 5.41) is 3.84. The number of benzene rings is 1. The van der Waals surface area contributed by atoms with Crippen LogP contribution in [0.1, 0.15) is 5.56 Å². The second-order valence-corrected chi connectivity index (χ2v) is 4.18. The molecular weight excluding hydrogens is 261 g/mol. The molecule has 0 saturated heterocycles. The molecule has 2 heterocycles. The van der Waals surface area contributed by atoms with Crippen LogP contribution in [-0.4, -0.2) is 20.1 Å². The van der Waals surface area contributed by atoms with Gasteiger partial charge in [0.2, 0.25) is 5.82 Å². The molecule has 0 fully saturated rings. The van der Waals surface area contributed by atoms with E-state index in [0.29, 0.717) is 22.6 Å². The van der Waals surface area contributed by atoms with Crippen LogP contribution in [0.15, 0.2) is 35.1 Å². The Balaban J connectivity index is 2.02. The van der Waals surface area contributed by atoms with Crippen LogP contribution in [0.5, 0.6) is 0 Å². The van der Waals surface area contributed by atoms with Gasteiger partial charge in [-0.15, -0.1) is 0 Å². The number of anilines is 1. The minimum absolute atomic E-state index is 0.174. The van der Waals surface area contributed by atoms with Crippen LogP contribution in [-0.2, 0) is 0 Å². The Kier molecular flexibility index (Phi) is 2.86. The molecule has 1 aromatic carbocycles. The van der Waals surface area contributed by atoms with Crippen LogP contribution >= 0.6 is 0 Å². The summed E-state index contributed by atoms with van der Waals surface area (Å²) in [5.74, 6) is 0.439. The second-order valence-electron chi connectivity index (χ2n) is 4.18. The molecule has 0 bridgehead atoms. The lowest BCUT2D eigenvalue weighted by molar-refractivity contribution is 0.431. The van der Waals surface area contributed by atoms with Gasteiger partial charge in [0.15, 0.2) is 11.5 Å². The highest BCUT2D eigenvalue weighted by molar-refractivity contribution is 5.64. The van der Waals surface area contributed by atoms with Gasteiger partial charge in [-0.05, 0) is 30.7 Å². The lowest BCUT2D eigenvalue weighted by atomic mass is 10.1. The monoisotopic (exact) mass is 271 g/mol. The lowest BCUT2D eigenvalue weighted by Gasteiger charge is -1.98. The Morgan fingerprint density at radius 2 is 2.00 bits per heavy atom. The first-order valence-corrected chi connectivity index (χ1v) is 5.82. The van der Waals surface area contributed by atoms with Gasteiger partial charge in [0.1, 0.15) is 5.82 Å². The predicted molar refractivity (Wildman–Crippen MR) is 69.9 cm³/mol. The van der Waals surface area contributed by atoms with Gasteiger partial charge >= 0.3 is 0 Å². The van der Waals surface area contributed by atoms with Crippen LogP contribution in [0.2, 0.25) is 0 Å². The number of nitrogen functional groups attached to an aromatic ring is 1. The summed E-state index contributed by atoms with van der Waals surface area (Å²) in [6.45, 7) is 1.67. The minimum Gasteiger partial charge on any atom is -0.382 e. The van der Waals surface area contributed by atoms with Crippen molar-refractivity contribution in [2.24, 2.45) is 0 Å². The molecule has 0 aliphatic carbocycles. The van der Waals surface area contributed by atoms with Crippen molar-refractivity contribution in [2.75, 3.05) is 5.73 Å². The molecule has 3 aromatic rings. The fraction of sp³-hybridized carbons (Fsp3) is 0.0769. The number of halogens is 1. The average molecular weight is 271 g/mol. The van der Waals surface area contributed by atoms with Gasteiger partial charge < -0.3 is 10.3 Å². The largest absolute Gasteiger partial charge is 0.382 e. The number of aromatic nitrogens is 4. The van der Waals surface area contributed by atoms with Crippen molar-refractivity contribution in [1.29, 1.82) is 0 Å². The summed E-state index contributed by atoms with van der Waals surface area (Å²) in [5.41, 5.74) is 7.18. The van der Waals surface area contributed by atoms with E-state index in [9.17, 15) is 4.39 Å². The minimum atomic E-state index is -0.282. The fourth-order valence-electron chi connectivity index (χ4n) is 1.73. The Hall–Kier alpha value is -2.83. The smallest absolute Gasteiger partial charge is 0.280 e. The average Bonchev–Trinajstić information content (AvgIpc) is 2.92. The van der Waals surface area contributed by atoms with Crippen molar-refractivity contribution >= 4 is 5.82 Å². The van der Waals surface area contributed by atoms with E-state index in [1.807, 2.05) is 0 Å². The third kappa shape index (κ3) is 2.09. The Labute approximate surface area is 113 Å². The first kappa shape index (κ1) is 12.2. The number of hydrogen-bond donors (Lipinski definition) is 1. The summed E-state index contributed by atoms with van der Waals surface area (Å²) in [4.78, 5) is 12.1. The molecule has 0 amide bonds. The molecule has 7 heteroatoms. The van der Waals surface area contributed by atoms with E-state index in [1.54, 1.807) is 19.1 Å². The van der Waals surface area contributed by atoms with E-state index in [2.05, 4.69) is 20.1 Å². The van der Waals surface area contributed by atoms with Crippen molar-refractivity contribution < 1.29 is 8.91 Å². The van der Waals surface area contributed by atoms with E-state index in [4.69, 9.17) is 10.3 Å². The van der Waals surface area contributed by atoms with Gasteiger partial charge in [-0.3, -0.25) is 0 Å². The zero-order valence-corrected chi connectivity index (χ0v) is 10.5. The first-order chi connectivity index (χ1) is 9.65. The molecule has 3 rings (SSSR count). The normalized spacial score (nSPS) is 10.7. The second kappa shape index (κ2) is 4.69. The van der Waals surface area contributed by atoms with E-state index >= 15 is 0 Å². The standard InChI is InChI=1S/C13H10FN5O/c1-7-6-8(2-3-9(7)14)12-18-13(20-19-12)10-11(15)17-5-4-16-10/h2-6H,1H3,(H2,15,17). The van der Waals surface area contributed by atoms with Crippen molar-refractivity contribution in [3.8, 4) is 23.0 Å². The summed E-state index contributed by atoms with van der Waals surface area (Å²) < 4.78 is 18.4. The third-order valence-corrected chi connectivity index (χ3v) is 2.77. The third-order valence-electron chi connectivity index (χ3n) is 2.77. The number of rotatable bonds is 2. The molecule has 20 heavy (non-hydrogen) atoms. The highest BCUT2D eigenvalue weighted by atomic mass is 19.1. The van der Waals surface area contributed by atoms with E-state index < -0.39 is 0 Å². The first-order valence-electron chi connectivity index (χ1n) is 5.82. The Morgan fingerprint density at radius 3 is 2.75 bits per heavy atom. The predicted octanol–water partition coefficient (Wildman–Crippen LogP) is 2.22. The molecule has 100 valence electrons. The summed E-state index contributed by atoms with van der Waals surface area (Å²) in [6, 6.07) is 4.58. The molecule has 0 aliphatic heterocycles. The summed E-state index contributed by atoms with van der Waals surface area (Å²) in [7, 11) is 0. The maximum absolute atomic E-state index is 13.2. The van der Waals surface area contributed by atoms with Gasteiger partial charge in [0, 0.05) is 18.0 Å². The van der Waals surface area contributed by atoms with E-state index in [0.717, 1.165) is 0 Å². The molecule has 2 N–H and O–H groups in total. The van der Waals surface area contributed by atoms with Gasteiger partial charge in [-0.2, -0.15) is 4.98 Å². The van der Waals surface area contributed by atoms with Crippen LogP contribution < -0.4 is 5.73 Å². The van der Waals surface area contributed by atoms with E-state index in [-0.39, 0.29) is 17.5 Å².